The number of aromatic amines is 1. The Morgan fingerprint density at radius 2 is 2.24 bits per heavy atom. The number of nitrogens with one attached hydrogen (secondary N) is 1. The molecule has 2 aromatic rings. The predicted octanol–water partition coefficient (Wildman–Crippen LogP) is 1.72. The van der Waals surface area contributed by atoms with Crippen LogP contribution >= 0.6 is 0 Å². The number of methoxy groups -OCH3 is 1. The van der Waals surface area contributed by atoms with Crippen molar-refractivity contribution in [3.05, 3.63) is 41.5 Å². The zero-order chi connectivity index (χ0) is 17.4. The maximum Gasteiger partial charge on any atom is 0.272 e. The van der Waals surface area contributed by atoms with E-state index in [0.717, 1.165) is 30.7 Å². The van der Waals surface area contributed by atoms with Gasteiger partial charge in [0.2, 0.25) is 0 Å². The molecule has 2 atom stereocenters. The minimum absolute atomic E-state index is 0.0457. The summed E-state index contributed by atoms with van der Waals surface area (Å²) in [4.78, 5) is 22.9. The summed E-state index contributed by atoms with van der Waals surface area (Å²) in [5.74, 6) is 1.68. The Kier molecular flexibility index (Phi) is 4.20. The topological polar surface area (TPSA) is 84.0 Å². The van der Waals surface area contributed by atoms with Gasteiger partial charge >= 0.3 is 0 Å². The van der Waals surface area contributed by atoms with Crippen molar-refractivity contribution in [1.29, 1.82) is 0 Å². The number of hydrogen-bond acceptors (Lipinski definition) is 5. The number of aromatic nitrogens is 4. The van der Waals surface area contributed by atoms with Crippen molar-refractivity contribution in [1.82, 2.24) is 25.1 Å². The Labute approximate surface area is 144 Å². The Morgan fingerprint density at radius 3 is 2.92 bits per heavy atom. The number of ether oxygens (including phenoxy) is 1. The van der Waals surface area contributed by atoms with Crippen LogP contribution in [0.3, 0.4) is 0 Å². The third kappa shape index (κ3) is 3.26. The first-order valence-corrected chi connectivity index (χ1v) is 8.47. The standard InChI is InChI=1S/C17H20FN5O2/c1-25-9-11-7-23(17(24)14-5-4-12(18)6-19-14)8-13(11)16-20-15(21-22-16)10-2-3-10/h4-6,10-11,13H,2-3,7-9H2,1H3,(H,20,21,22)/t11-,13+/m0/s1. The molecule has 2 aromatic heterocycles. The van der Waals surface area contributed by atoms with Crippen LogP contribution < -0.4 is 0 Å². The van der Waals surface area contributed by atoms with Crippen molar-refractivity contribution in [3.63, 3.8) is 0 Å². The summed E-state index contributed by atoms with van der Waals surface area (Å²) in [5, 5.41) is 7.37. The Bertz CT molecular complexity index is 759. The molecule has 1 saturated carbocycles. The number of halogens is 1. The molecule has 0 unspecified atom stereocenters. The minimum Gasteiger partial charge on any atom is -0.384 e. The van der Waals surface area contributed by atoms with Crippen LogP contribution in [0.4, 0.5) is 4.39 Å². The smallest absolute Gasteiger partial charge is 0.272 e. The molecule has 0 bridgehead atoms. The molecule has 25 heavy (non-hydrogen) atoms. The third-order valence-corrected chi connectivity index (χ3v) is 4.87. The third-order valence-electron chi connectivity index (χ3n) is 4.87. The van der Waals surface area contributed by atoms with E-state index in [-0.39, 0.29) is 23.4 Å². The molecule has 1 amide bonds. The van der Waals surface area contributed by atoms with E-state index >= 15 is 0 Å². The van der Waals surface area contributed by atoms with E-state index in [1.165, 1.54) is 12.1 Å². The van der Waals surface area contributed by atoms with Gasteiger partial charge in [0.1, 0.15) is 17.3 Å². The highest BCUT2D eigenvalue weighted by Gasteiger charge is 2.39. The Hall–Kier alpha value is -2.35. The molecular weight excluding hydrogens is 325 g/mol. The second-order valence-electron chi connectivity index (χ2n) is 6.75. The molecule has 2 aliphatic rings. The van der Waals surface area contributed by atoms with E-state index in [1.807, 2.05) is 0 Å². The number of rotatable bonds is 5. The van der Waals surface area contributed by atoms with E-state index in [9.17, 15) is 9.18 Å². The number of carbonyl (C=O) groups excluding carboxylic acids is 1. The summed E-state index contributed by atoms with van der Waals surface area (Å²) in [5.41, 5.74) is 0.245. The van der Waals surface area contributed by atoms with Crippen molar-refractivity contribution < 1.29 is 13.9 Å². The normalized spacial score (nSPS) is 23.2. The Morgan fingerprint density at radius 1 is 1.40 bits per heavy atom. The van der Waals surface area contributed by atoms with Gasteiger partial charge in [-0.3, -0.25) is 9.89 Å². The van der Waals surface area contributed by atoms with E-state index in [1.54, 1.807) is 12.0 Å². The summed E-state index contributed by atoms with van der Waals surface area (Å²) < 4.78 is 18.4. The molecule has 8 heteroatoms. The first-order chi connectivity index (χ1) is 12.2. The van der Waals surface area contributed by atoms with Crippen molar-refractivity contribution in [2.24, 2.45) is 5.92 Å². The van der Waals surface area contributed by atoms with Gasteiger partial charge in [-0.25, -0.2) is 14.4 Å². The highest BCUT2D eigenvalue weighted by atomic mass is 19.1. The molecule has 1 saturated heterocycles. The lowest BCUT2D eigenvalue weighted by Gasteiger charge is -2.15. The van der Waals surface area contributed by atoms with Gasteiger partial charge in [0.05, 0.1) is 12.8 Å². The summed E-state index contributed by atoms with van der Waals surface area (Å²) in [6, 6.07) is 2.66. The van der Waals surface area contributed by atoms with Gasteiger partial charge in [-0.15, -0.1) is 0 Å². The fraction of sp³-hybridized carbons (Fsp3) is 0.529. The molecule has 1 aliphatic heterocycles. The van der Waals surface area contributed by atoms with Gasteiger partial charge < -0.3 is 9.64 Å². The van der Waals surface area contributed by atoms with Crippen LogP contribution in [-0.2, 0) is 4.74 Å². The summed E-state index contributed by atoms with van der Waals surface area (Å²) in [7, 11) is 1.65. The van der Waals surface area contributed by atoms with Crippen LogP contribution in [-0.4, -0.2) is 57.8 Å². The van der Waals surface area contributed by atoms with E-state index in [4.69, 9.17) is 4.74 Å². The fourth-order valence-corrected chi connectivity index (χ4v) is 3.37. The Balaban J connectivity index is 1.52. The van der Waals surface area contributed by atoms with Crippen LogP contribution in [0.5, 0.6) is 0 Å². The largest absolute Gasteiger partial charge is 0.384 e. The zero-order valence-electron chi connectivity index (χ0n) is 14.0. The van der Waals surface area contributed by atoms with Crippen LogP contribution in [0, 0.1) is 11.7 Å². The predicted molar refractivity (Wildman–Crippen MR) is 86.6 cm³/mol. The number of pyridine rings is 1. The van der Waals surface area contributed by atoms with E-state index in [0.29, 0.717) is 25.6 Å². The van der Waals surface area contributed by atoms with Gasteiger partial charge in [0.25, 0.3) is 5.91 Å². The minimum atomic E-state index is -0.456. The highest BCUT2D eigenvalue weighted by molar-refractivity contribution is 5.92. The second-order valence-corrected chi connectivity index (χ2v) is 6.75. The highest BCUT2D eigenvalue weighted by Crippen LogP contribution is 2.39. The SMILES string of the molecule is COC[C@@H]1CN(C(=O)c2ccc(F)cn2)C[C@H]1c1nc(C2CC2)n[nH]1. The summed E-state index contributed by atoms with van der Waals surface area (Å²) in [6.07, 6.45) is 3.35. The fourth-order valence-electron chi connectivity index (χ4n) is 3.37. The molecular formula is C17H20FN5O2. The number of H-pyrrole nitrogens is 1. The molecule has 0 aromatic carbocycles. The molecule has 0 radical (unpaired) electrons. The maximum atomic E-state index is 13.0. The lowest BCUT2D eigenvalue weighted by molar-refractivity contribution is 0.0769. The second kappa shape index (κ2) is 6.51. The maximum absolute atomic E-state index is 13.0. The summed E-state index contributed by atoms with van der Waals surface area (Å²) >= 11 is 0. The van der Waals surface area contributed by atoms with Crippen molar-refractivity contribution in [3.8, 4) is 0 Å². The molecule has 7 nitrogen and oxygen atoms in total. The van der Waals surface area contributed by atoms with Crippen LogP contribution in [0.1, 0.15) is 46.8 Å². The number of nitrogens with zero attached hydrogens (tertiary/aromatic N) is 4. The van der Waals surface area contributed by atoms with Crippen LogP contribution in [0.2, 0.25) is 0 Å². The van der Waals surface area contributed by atoms with Crippen molar-refractivity contribution in [2.45, 2.75) is 24.7 Å². The molecule has 1 N–H and O–H groups in total. The van der Waals surface area contributed by atoms with Gasteiger partial charge in [-0.2, -0.15) is 5.10 Å². The number of amides is 1. The molecule has 132 valence electrons. The van der Waals surface area contributed by atoms with Gasteiger partial charge in [0, 0.05) is 38.0 Å². The lowest BCUT2D eigenvalue weighted by atomic mass is 9.96. The van der Waals surface area contributed by atoms with Gasteiger partial charge in [0.15, 0.2) is 5.82 Å². The average Bonchev–Trinajstić information content (AvgIpc) is 3.20. The molecule has 3 heterocycles. The van der Waals surface area contributed by atoms with E-state index in [2.05, 4.69) is 20.2 Å². The van der Waals surface area contributed by atoms with Gasteiger partial charge in [-0.1, -0.05) is 0 Å². The lowest BCUT2D eigenvalue weighted by Crippen LogP contribution is -2.30. The first kappa shape index (κ1) is 16.1. The number of hydrogen-bond donors (Lipinski definition) is 1. The monoisotopic (exact) mass is 345 g/mol. The molecule has 4 rings (SSSR count). The van der Waals surface area contributed by atoms with Crippen molar-refractivity contribution in [2.75, 3.05) is 26.8 Å². The zero-order valence-corrected chi connectivity index (χ0v) is 14.0. The van der Waals surface area contributed by atoms with Crippen LogP contribution in [0.25, 0.3) is 0 Å². The quantitative estimate of drug-likeness (QED) is 0.892. The van der Waals surface area contributed by atoms with Crippen LogP contribution in [0.15, 0.2) is 18.3 Å². The summed E-state index contributed by atoms with van der Waals surface area (Å²) in [6.45, 7) is 1.60. The van der Waals surface area contributed by atoms with E-state index < -0.39 is 5.82 Å². The average molecular weight is 345 g/mol. The number of carbonyl (C=O) groups is 1. The molecule has 1 aliphatic carbocycles. The molecule has 0 spiro atoms. The van der Waals surface area contributed by atoms with Crippen molar-refractivity contribution >= 4 is 5.91 Å². The van der Waals surface area contributed by atoms with Gasteiger partial charge in [-0.05, 0) is 25.0 Å². The number of likely N-dealkylation sites (tertiary alicyclic amines) is 1. The first-order valence-electron chi connectivity index (χ1n) is 8.47. The molecule has 2 fully saturated rings.